The predicted octanol–water partition coefficient (Wildman–Crippen LogP) is 4.49. The molecule has 2 heterocycles. The molecule has 9 heteroatoms. The van der Waals surface area contributed by atoms with Crippen molar-refractivity contribution in [3.8, 4) is 0 Å². The van der Waals surface area contributed by atoms with Crippen molar-refractivity contribution in [3.05, 3.63) is 51.5 Å². The number of rotatable bonds is 6. The van der Waals surface area contributed by atoms with Crippen molar-refractivity contribution in [2.75, 3.05) is 20.1 Å². The van der Waals surface area contributed by atoms with Crippen LogP contribution in [-0.2, 0) is 13.1 Å². The number of nitrogens with zero attached hydrogens (tertiary/aromatic N) is 3. The summed E-state index contributed by atoms with van der Waals surface area (Å²) in [5.74, 6) is 0.176. The molecule has 1 aromatic heterocycles. The van der Waals surface area contributed by atoms with Gasteiger partial charge in [-0.2, -0.15) is 0 Å². The number of hydrogen-bond acceptors (Lipinski definition) is 4. The van der Waals surface area contributed by atoms with Gasteiger partial charge in [-0.1, -0.05) is 19.9 Å². The summed E-state index contributed by atoms with van der Waals surface area (Å²) in [5.41, 5.74) is 1.14. The molecule has 1 fully saturated rings. The maximum atomic E-state index is 14.0. The first kappa shape index (κ1) is 24.9. The highest BCUT2D eigenvalue weighted by Crippen LogP contribution is 2.20. The van der Waals surface area contributed by atoms with Crippen LogP contribution in [0.4, 0.5) is 8.78 Å². The number of piperidine rings is 1. The molecule has 1 unspecified atom stereocenters. The van der Waals surface area contributed by atoms with Crippen LogP contribution in [0.5, 0.6) is 0 Å². The van der Waals surface area contributed by atoms with E-state index in [9.17, 15) is 8.78 Å². The van der Waals surface area contributed by atoms with Crippen molar-refractivity contribution < 1.29 is 8.78 Å². The van der Waals surface area contributed by atoms with E-state index >= 15 is 0 Å². The van der Waals surface area contributed by atoms with Gasteiger partial charge in [-0.05, 0) is 31.5 Å². The lowest BCUT2D eigenvalue weighted by Crippen LogP contribution is -2.50. The first-order chi connectivity index (χ1) is 14.0. The third-order valence-corrected chi connectivity index (χ3v) is 6.21. The van der Waals surface area contributed by atoms with Crippen LogP contribution in [0.15, 0.2) is 28.6 Å². The maximum Gasteiger partial charge on any atom is 0.191 e. The van der Waals surface area contributed by atoms with Crippen LogP contribution in [0.1, 0.15) is 48.9 Å². The number of benzene rings is 1. The van der Waals surface area contributed by atoms with E-state index in [-0.39, 0.29) is 42.1 Å². The predicted molar refractivity (Wildman–Crippen MR) is 130 cm³/mol. The average molecular weight is 549 g/mol. The molecule has 1 aliphatic heterocycles. The lowest BCUT2D eigenvalue weighted by Gasteiger charge is -2.34. The Bertz CT molecular complexity index is 822. The van der Waals surface area contributed by atoms with Crippen LogP contribution in [-0.4, -0.2) is 42.0 Å². The van der Waals surface area contributed by atoms with E-state index in [1.807, 2.05) is 0 Å². The third-order valence-electron chi connectivity index (χ3n) is 5.01. The third kappa shape index (κ3) is 6.84. The normalized spacial score (nSPS) is 17.7. The summed E-state index contributed by atoms with van der Waals surface area (Å²) < 4.78 is 27.9. The first-order valence-electron chi connectivity index (χ1n) is 10.0. The van der Waals surface area contributed by atoms with Crippen molar-refractivity contribution in [1.82, 2.24) is 20.5 Å². The van der Waals surface area contributed by atoms with Gasteiger partial charge in [-0.3, -0.25) is 9.89 Å². The summed E-state index contributed by atoms with van der Waals surface area (Å²) in [6.07, 6.45) is 1.96. The molecule has 1 saturated heterocycles. The number of aromatic nitrogens is 1. The van der Waals surface area contributed by atoms with Gasteiger partial charge in [0.25, 0.3) is 0 Å². The number of halogens is 3. The van der Waals surface area contributed by atoms with Crippen LogP contribution < -0.4 is 10.6 Å². The average Bonchev–Trinajstić information content (AvgIpc) is 3.18. The monoisotopic (exact) mass is 549 g/mol. The zero-order chi connectivity index (χ0) is 20.8. The van der Waals surface area contributed by atoms with Gasteiger partial charge in [0.1, 0.15) is 11.6 Å². The summed E-state index contributed by atoms with van der Waals surface area (Å²) in [7, 11) is 1.74. The highest BCUT2D eigenvalue weighted by atomic mass is 127. The van der Waals surface area contributed by atoms with Gasteiger partial charge in [-0.25, -0.2) is 13.8 Å². The van der Waals surface area contributed by atoms with E-state index in [1.54, 1.807) is 18.4 Å². The maximum absolute atomic E-state index is 14.0. The fourth-order valence-electron chi connectivity index (χ4n) is 3.46. The number of likely N-dealkylation sites (tertiary alicyclic amines) is 1. The lowest BCUT2D eigenvalue weighted by atomic mass is 10.0. The fraction of sp³-hybridized carbons (Fsp3) is 0.524. The number of nitrogens with one attached hydrogen (secondary N) is 2. The van der Waals surface area contributed by atoms with Crippen LogP contribution >= 0.6 is 35.3 Å². The smallest absolute Gasteiger partial charge is 0.191 e. The number of guanidine groups is 1. The molecule has 166 valence electrons. The molecule has 0 aliphatic carbocycles. The second kappa shape index (κ2) is 11.9. The standard InChI is InChI=1S/C21H29F2N5S.HI/c1-14(2)20-26-16(13-29-20)10-25-21(24-3)27-15-6-5-9-28(11-15)12-17-18(22)7-4-8-19(17)23;/h4,7-8,13-15H,5-6,9-12H2,1-3H3,(H2,24,25,27);1H. The molecule has 0 spiro atoms. The Morgan fingerprint density at radius 1 is 1.33 bits per heavy atom. The van der Waals surface area contributed by atoms with Gasteiger partial charge < -0.3 is 10.6 Å². The number of aliphatic imine (C=N–C) groups is 1. The van der Waals surface area contributed by atoms with Crippen LogP contribution in [0.25, 0.3) is 0 Å². The minimum atomic E-state index is -0.485. The highest BCUT2D eigenvalue weighted by Gasteiger charge is 2.22. The number of thiazole rings is 1. The van der Waals surface area contributed by atoms with E-state index in [2.05, 4.69) is 44.7 Å². The molecule has 1 atom stereocenters. The van der Waals surface area contributed by atoms with Crippen LogP contribution in [0.3, 0.4) is 0 Å². The Morgan fingerprint density at radius 3 is 2.70 bits per heavy atom. The molecular weight excluding hydrogens is 519 g/mol. The molecule has 0 saturated carbocycles. The SMILES string of the molecule is CN=C(NCc1csc(C(C)C)n1)NC1CCCN(Cc2c(F)cccc2F)C1.I. The minimum Gasteiger partial charge on any atom is -0.352 e. The Morgan fingerprint density at radius 2 is 2.07 bits per heavy atom. The first-order valence-corrected chi connectivity index (χ1v) is 10.9. The molecule has 2 aromatic rings. The topological polar surface area (TPSA) is 52.6 Å². The van der Waals surface area contributed by atoms with Gasteiger partial charge in [0.2, 0.25) is 0 Å². The molecule has 2 N–H and O–H groups in total. The fourth-order valence-corrected chi connectivity index (χ4v) is 4.29. The lowest BCUT2D eigenvalue weighted by molar-refractivity contribution is 0.188. The van der Waals surface area contributed by atoms with Gasteiger partial charge in [-0.15, -0.1) is 35.3 Å². The summed E-state index contributed by atoms with van der Waals surface area (Å²) in [6, 6.07) is 4.20. The van der Waals surface area contributed by atoms with E-state index in [1.165, 1.54) is 18.2 Å². The molecule has 0 bridgehead atoms. The van der Waals surface area contributed by atoms with Crippen molar-refractivity contribution in [3.63, 3.8) is 0 Å². The van der Waals surface area contributed by atoms with Gasteiger partial charge in [0.05, 0.1) is 17.2 Å². The van der Waals surface area contributed by atoms with Gasteiger partial charge in [0.15, 0.2) is 5.96 Å². The molecule has 0 radical (unpaired) electrons. The van der Waals surface area contributed by atoms with Crippen molar-refractivity contribution in [1.29, 1.82) is 0 Å². The molecule has 0 amide bonds. The highest BCUT2D eigenvalue weighted by molar-refractivity contribution is 14.0. The minimum absolute atomic E-state index is 0. The van der Waals surface area contributed by atoms with Crippen molar-refractivity contribution >= 4 is 41.3 Å². The molecule has 3 rings (SSSR count). The summed E-state index contributed by atoms with van der Waals surface area (Å²) in [5, 5.41) is 9.95. The molecule has 1 aromatic carbocycles. The van der Waals surface area contributed by atoms with Crippen LogP contribution in [0, 0.1) is 11.6 Å². The Labute approximate surface area is 198 Å². The molecule has 1 aliphatic rings. The second-order valence-corrected chi connectivity index (χ2v) is 8.57. The van der Waals surface area contributed by atoms with E-state index in [0.717, 1.165) is 30.1 Å². The molecular formula is C21H30F2IN5S. The summed E-state index contributed by atoms with van der Waals surface area (Å²) >= 11 is 1.68. The Hall–Kier alpha value is -1.33. The second-order valence-electron chi connectivity index (χ2n) is 7.68. The zero-order valence-electron chi connectivity index (χ0n) is 17.6. The summed E-state index contributed by atoms with van der Waals surface area (Å²) in [4.78, 5) is 11.0. The van der Waals surface area contributed by atoms with E-state index in [4.69, 9.17) is 0 Å². The Balaban J connectivity index is 0.00000320. The van der Waals surface area contributed by atoms with Crippen molar-refractivity contribution in [2.45, 2.75) is 51.7 Å². The van der Waals surface area contributed by atoms with Gasteiger partial charge in [0, 0.05) is 43.0 Å². The zero-order valence-corrected chi connectivity index (χ0v) is 20.8. The summed E-state index contributed by atoms with van der Waals surface area (Å²) in [6.45, 7) is 6.70. The van der Waals surface area contributed by atoms with Crippen molar-refractivity contribution in [2.24, 2.45) is 4.99 Å². The number of hydrogen-bond donors (Lipinski definition) is 2. The van der Waals surface area contributed by atoms with Gasteiger partial charge >= 0.3 is 0 Å². The quantitative estimate of drug-likeness (QED) is 0.317. The van der Waals surface area contributed by atoms with E-state index < -0.39 is 11.6 Å². The van der Waals surface area contributed by atoms with E-state index in [0.29, 0.717) is 25.0 Å². The van der Waals surface area contributed by atoms with Crippen LogP contribution in [0.2, 0.25) is 0 Å². The largest absolute Gasteiger partial charge is 0.352 e. The molecule has 30 heavy (non-hydrogen) atoms. The molecule has 5 nitrogen and oxygen atoms in total. The Kier molecular flexibility index (Phi) is 9.89.